The van der Waals surface area contributed by atoms with Crippen LogP contribution in [0.1, 0.15) is 73.6 Å². The van der Waals surface area contributed by atoms with Gasteiger partial charge in [0.2, 0.25) is 0 Å². The SMILES string of the molecule is CC(C)=CCC/C=C(\C)C/C=C/C(C)CCC1OC1(C)C. The summed E-state index contributed by atoms with van der Waals surface area (Å²) in [6.45, 7) is 13.2. The van der Waals surface area contributed by atoms with Crippen molar-refractivity contribution in [3.8, 4) is 0 Å². The highest BCUT2D eigenvalue weighted by atomic mass is 16.6. The predicted octanol–water partition coefficient (Wildman–Crippen LogP) is 6.22. The van der Waals surface area contributed by atoms with Crippen LogP contribution in [0.5, 0.6) is 0 Å². The number of hydrogen-bond acceptors (Lipinski definition) is 1. The zero-order chi connectivity index (χ0) is 15.9. The van der Waals surface area contributed by atoms with Gasteiger partial charge in [0.15, 0.2) is 0 Å². The van der Waals surface area contributed by atoms with Crippen LogP contribution in [0, 0.1) is 5.92 Å². The van der Waals surface area contributed by atoms with Crippen molar-refractivity contribution in [3.05, 3.63) is 35.5 Å². The molecule has 21 heavy (non-hydrogen) atoms. The average Bonchev–Trinajstić information content (AvgIpc) is 3.00. The molecule has 1 saturated heterocycles. The second-order valence-electron chi connectivity index (χ2n) is 7.31. The normalized spacial score (nSPS) is 22.4. The quantitative estimate of drug-likeness (QED) is 0.279. The summed E-state index contributed by atoms with van der Waals surface area (Å²) >= 11 is 0. The number of epoxide rings is 1. The van der Waals surface area contributed by atoms with Crippen LogP contribution in [-0.2, 0) is 4.74 Å². The molecule has 2 unspecified atom stereocenters. The molecule has 2 atom stereocenters. The van der Waals surface area contributed by atoms with Crippen LogP contribution in [0.15, 0.2) is 35.5 Å². The minimum atomic E-state index is 0.147. The van der Waals surface area contributed by atoms with E-state index >= 15 is 0 Å². The fourth-order valence-electron chi connectivity index (χ4n) is 2.52. The molecule has 0 radical (unpaired) electrons. The first-order valence-electron chi connectivity index (χ1n) is 8.44. The first-order chi connectivity index (χ1) is 9.81. The highest BCUT2D eigenvalue weighted by Gasteiger charge is 2.46. The Morgan fingerprint density at radius 1 is 1.14 bits per heavy atom. The van der Waals surface area contributed by atoms with E-state index in [0.29, 0.717) is 12.0 Å². The smallest absolute Gasteiger partial charge is 0.0892 e. The Balaban J connectivity index is 2.14. The number of allylic oxidation sites excluding steroid dienone is 6. The van der Waals surface area contributed by atoms with Crippen LogP contribution in [0.25, 0.3) is 0 Å². The Morgan fingerprint density at radius 2 is 1.76 bits per heavy atom. The largest absolute Gasteiger partial charge is 0.367 e. The molecule has 1 aliphatic heterocycles. The molecule has 1 fully saturated rings. The van der Waals surface area contributed by atoms with Gasteiger partial charge in [-0.25, -0.2) is 0 Å². The lowest BCUT2D eigenvalue weighted by atomic mass is 9.99. The van der Waals surface area contributed by atoms with Crippen LogP contribution in [0.4, 0.5) is 0 Å². The Bertz CT molecular complexity index is 394. The maximum absolute atomic E-state index is 5.63. The van der Waals surface area contributed by atoms with Crippen LogP contribution in [0.2, 0.25) is 0 Å². The lowest BCUT2D eigenvalue weighted by molar-refractivity contribution is 0.316. The molecule has 1 heteroatoms. The molecule has 120 valence electrons. The molecular weight excluding hydrogens is 256 g/mol. The van der Waals surface area contributed by atoms with E-state index in [1.54, 1.807) is 0 Å². The fourth-order valence-corrected chi connectivity index (χ4v) is 2.52. The highest BCUT2D eigenvalue weighted by molar-refractivity contribution is 5.06. The molecule has 1 rings (SSSR count). The monoisotopic (exact) mass is 290 g/mol. The van der Waals surface area contributed by atoms with E-state index < -0.39 is 0 Å². The Hall–Kier alpha value is -0.820. The van der Waals surface area contributed by atoms with E-state index in [4.69, 9.17) is 4.74 Å². The summed E-state index contributed by atoms with van der Waals surface area (Å²) in [5.41, 5.74) is 3.04. The van der Waals surface area contributed by atoms with Crippen molar-refractivity contribution in [2.45, 2.75) is 85.4 Å². The molecule has 1 aliphatic rings. The Labute approximate surface area is 132 Å². The summed E-state index contributed by atoms with van der Waals surface area (Å²) in [5.74, 6) is 0.656. The number of ether oxygens (including phenoxy) is 1. The fraction of sp³-hybridized carbons (Fsp3) is 0.700. The molecule has 1 heterocycles. The molecule has 0 saturated carbocycles. The minimum absolute atomic E-state index is 0.147. The predicted molar refractivity (Wildman–Crippen MR) is 93.5 cm³/mol. The molecule has 0 spiro atoms. The van der Waals surface area contributed by atoms with Gasteiger partial charge in [0.25, 0.3) is 0 Å². The van der Waals surface area contributed by atoms with Crippen molar-refractivity contribution >= 4 is 0 Å². The van der Waals surface area contributed by atoms with Gasteiger partial charge in [0.05, 0.1) is 11.7 Å². The third-order valence-electron chi connectivity index (χ3n) is 4.16. The van der Waals surface area contributed by atoms with E-state index in [1.165, 1.54) is 24.0 Å². The van der Waals surface area contributed by atoms with Gasteiger partial charge in [-0.05, 0) is 72.6 Å². The van der Waals surface area contributed by atoms with E-state index in [9.17, 15) is 0 Å². The Morgan fingerprint density at radius 3 is 2.33 bits per heavy atom. The van der Waals surface area contributed by atoms with Crippen LogP contribution in [-0.4, -0.2) is 11.7 Å². The molecule has 1 nitrogen and oxygen atoms in total. The van der Waals surface area contributed by atoms with Crippen molar-refractivity contribution in [1.82, 2.24) is 0 Å². The molecule has 0 bridgehead atoms. The van der Waals surface area contributed by atoms with Gasteiger partial charge < -0.3 is 4.74 Å². The topological polar surface area (TPSA) is 12.5 Å². The molecule has 0 N–H and O–H groups in total. The van der Waals surface area contributed by atoms with Crippen LogP contribution in [0.3, 0.4) is 0 Å². The van der Waals surface area contributed by atoms with Crippen molar-refractivity contribution in [2.24, 2.45) is 5.92 Å². The number of rotatable bonds is 9. The van der Waals surface area contributed by atoms with Crippen molar-refractivity contribution in [1.29, 1.82) is 0 Å². The summed E-state index contributed by atoms with van der Waals surface area (Å²) in [7, 11) is 0. The van der Waals surface area contributed by atoms with Crippen LogP contribution < -0.4 is 0 Å². The summed E-state index contributed by atoms with van der Waals surface area (Å²) in [5, 5.41) is 0. The first kappa shape index (κ1) is 18.2. The summed E-state index contributed by atoms with van der Waals surface area (Å²) in [6.07, 6.45) is 15.7. The second kappa shape index (κ2) is 8.58. The maximum Gasteiger partial charge on any atom is 0.0892 e. The van der Waals surface area contributed by atoms with Gasteiger partial charge in [0, 0.05) is 0 Å². The number of unbranched alkanes of at least 4 members (excludes halogenated alkanes) is 1. The average molecular weight is 290 g/mol. The summed E-state index contributed by atoms with van der Waals surface area (Å²) < 4.78 is 5.63. The van der Waals surface area contributed by atoms with E-state index in [-0.39, 0.29) is 5.60 Å². The van der Waals surface area contributed by atoms with Crippen molar-refractivity contribution in [2.75, 3.05) is 0 Å². The van der Waals surface area contributed by atoms with Gasteiger partial charge in [0.1, 0.15) is 0 Å². The Kier molecular flexibility index (Phi) is 7.45. The third-order valence-corrected chi connectivity index (χ3v) is 4.16. The molecular formula is C20H34O. The number of hydrogen-bond donors (Lipinski definition) is 0. The van der Waals surface area contributed by atoms with Gasteiger partial charge in [-0.15, -0.1) is 0 Å². The second-order valence-corrected chi connectivity index (χ2v) is 7.31. The molecule has 0 amide bonds. The van der Waals surface area contributed by atoms with Gasteiger partial charge in [-0.1, -0.05) is 42.4 Å². The summed E-state index contributed by atoms with van der Waals surface area (Å²) in [4.78, 5) is 0. The van der Waals surface area contributed by atoms with Crippen molar-refractivity contribution in [3.63, 3.8) is 0 Å². The van der Waals surface area contributed by atoms with E-state index in [1.807, 2.05) is 0 Å². The third kappa shape index (κ3) is 8.26. The first-order valence-corrected chi connectivity index (χ1v) is 8.44. The van der Waals surface area contributed by atoms with E-state index in [2.05, 4.69) is 65.8 Å². The van der Waals surface area contributed by atoms with Gasteiger partial charge in [-0.2, -0.15) is 0 Å². The van der Waals surface area contributed by atoms with Crippen LogP contribution >= 0.6 is 0 Å². The van der Waals surface area contributed by atoms with Gasteiger partial charge >= 0.3 is 0 Å². The highest BCUT2D eigenvalue weighted by Crippen LogP contribution is 2.39. The lowest BCUT2D eigenvalue weighted by Crippen LogP contribution is -2.04. The zero-order valence-electron chi connectivity index (χ0n) is 14.9. The van der Waals surface area contributed by atoms with E-state index in [0.717, 1.165) is 19.3 Å². The molecule has 0 aromatic heterocycles. The van der Waals surface area contributed by atoms with Crippen molar-refractivity contribution < 1.29 is 4.74 Å². The molecule has 0 aromatic carbocycles. The standard InChI is InChI=1S/C20H34O/c1-16(2)10-7-8-11-17(3)12-9-13-18(4)14-15-19-20(5,6)21-19/h9-11,13,18-19H,7-8,12,14-15H2,1-6H3/b13-9+,17-11+. The zero-order valence-corrected chi connectivity index (χ0v) is 14.9. The maximum atomic E-state index is 5.63. The molecule has 0 aliphatic carbocycles. The summed E-state index contributed by atoms with van der Waals surface area (Å²) in [6, 6.07) is 0. The lowest BCUT2D eigenvalue weighted by Gasteiger charge is -2.05. The van der Waals surface area contributed by atoms with Gasteiger partial charge in [-0.3, -0.25) is 0 Å². The minimum Gasteiger partial charge on any atom is -0.367 e. The molecule has 0 aromatic rings.